The van der Waals surface area contributed by atoms with Crippen molar-refractivity contribution in [2.24, 2.45) is 0 Å². The molecule has 0 atom stereocenters. The van der Waals surface area contributed by atoms with E-state index in [0.717, 1.165) is 23.4 Å². The highest BCUT2D eigenvalue weighted by Crippen LogP contribution is 2.18. The predicted octanol–water partition coefficient (Wildman–Crippen LogP) is 3.00. The Labute approximate surface area is 149 Å². The number of amides is 1. The second kappa shape index (κ2) is 9.03. The molecule has 1 amide bonds. The Morgan fingerprint density at radius 2 is 1.88 bits per heavy atom. The highest BCUT2D eigenvalue weighted by molar-refractivity contribution is 6.33. The van der Waals surface area contributed by atoms with E-state index < -0.39 is 24.3 Å². The van der Waals surface area contributed by atoms with Crippen molar-refractivity contribution in [3.05, 3.63) is 64.4 Å². The fraction of sp³-hybridized carbons (Fsp3) is 0.222. The lowest BCUT2D eigenvalue weighted by Gasteiger charge is -2.08. The summed E-state index contributed by atoms with van der Waals surface area (Å²) in [7, 11) is 1.59. The van der Waals surface area contributed by atoms with Gasteiger partial charge in [-0.3, -0.25) is 4.79 Å². The number of benzene rings is 2. The molecule has 0 aromatic heterocycles. The van der Waals surface area contributed by atoms with Gasteiger partial charge in [0.05, 0.1) is 17.7 Å². The summed E-state index contributed by atoms with van der Waals surface area (Å²) in [5.74, 6) is -1.01. The van der Waals surface area contributed by atoms with E-state index in [1.807, 2.05) is 24.3 Å². The number of hydrogen-bond acceptors (Lipinski definition) is 4. The number of rotatable bonds is 7. The van der Waals surface area contributed by atoms with Crippen molar-refractivity contribution in [2.45, 2.75) is 6.42 Å². The molecular weight excluding hydrogens is 349 g/mol. The van der Waals surface area contributed by atoms with Crippen LogP contribution >= 0.6 is 11.6 Å². The predicted molar refractivity (Wildman–Crippen MR) is 91.4 cm³/mol. The van der Waals surface area contributed by atoms with Gasteiger partial charge in [0, 0.05) is 6.54 Å². The first-order chi connectivity index (χ1) is 12.0. The first kappa shape index (κ1) is 18.7. The van der Waals surface area contributed by atoms with Gasteiger partial charge in [0.25, 0.3) is 5.91 Å². The van der Waals surface area contributed by atoms with Crippen molar-refractivity contribution in [3.63, 3.8) is 0 Å². The SMILES string of the molecule is COc1ccc(CCNC(=O)COC(=O)c2ccc(F)cc2Cl)cc1. The highest BCUT2D eigenvalue weighted by Gasteiger charge is 2.14. The molecule has 0 heterocycles. The molecule has 132 valence electrons. The Kier molecular flexibility index (Phi) is 6.77. The second-order valence-corrected chi connectivity index (χ2v) is 5.56. The molecule has 25 heavy (non-hydrogen) atoms. The van der Waals surface area contributed by atoms with E-state index in [1.54, 1.807) is 7.11 Å². The van der Waals surface area contributed by atoms with E-state index >= 15 is 0 Å². The zero-order valence-electron chi connectivity index (χ0n) is 13.6. The molecule has 1 N–H and O–H groups in total. The standard InChI is InChI=1S/C18H17ClFNO4/c1-24-14-5-2-12(3-6-14)8-9-21-17(22)11-25-18(23)15-7-4-13(20)10-16(15)19/h2-7,10H,8-9,11H2,1H3,(H,21,22). The van der Waals surface area contributed by atoms with Gasteiger partial charge in [-0.25, -0.2) is 9.18 Å². The van der Waals surface area contributed by atoms with Crippen molar-refractivity contribution in [1.29, 1.82) is 0 Å². The number of carbonyl (C=O) groups is 2. The number of halogens is 2. The van der Waals surface area contributed by atoms with Crippen LogP contribution in [0.15, 0.2) is 42.5 Å². The minimum Gasteiger partial charge on any atom is -0.497 e. The van der Waals surface area contributed by atoms with Gasteiger partial charge in [0.1, 0.15) is 11.6 Å². The molecule has 0 saturated heterocycles. The van der Waals surface area contributed by atoms with Crippen LogP contribution in [0.5, 0.6) is 5.75 Å². The summed E-state index contributed by atoms with van der Waals surface area (Å²) in [6.07, 6.45) is 0.632. The summed E-state index contributed by atoms with van der Waals surface area (Å²) in [4.78, 5) is 23.5. The van der Waals surface area contributed by atoms with Crippen LogP contribution in [0.4, 0.5) is 4.39 Å². The Morgan fingerprint density at radius 3 is 2.52 bits per heavy atom. The lowest BCUT2D eigenvalue weighted by atomic mass is 10.1. The number of esters is 1. The van der Waals surface area contributed by atoms with Gasteiger partial charge in [-0.05, 0) is 42.3 Å². The normalized spacial score (nSPS) is 10.2. The van der Waals surface area contributed by atoms with Gasteiger partial charge in [0.2, 0.25) is 0 Å². The summed E-state index contributed by atoms with van der Waals surface area (Å²) < 4.78 is 22.9. The average molecular weight is 366 g/mol. The lowest BCUT2D eigenvalue weighted by molar-refractivity contribution is -0.124. The summed E-state index contributed by atoms with van der Waals surface area (Å²) in [5, 5.41) is 2.59. The zero-order valence-corrected chi connectivity index (χ0v) is 14.3. The molecule has 7 heteroatoms. The van der Waals surface area contributed by atoms with Crippen LogP contribution in [0.1, 0.15) is 15.9 Å². The molecule has 0 aliphatic carbocycles. The Morgan fingerprint density at radius 1 is 1.16 bits per heavy atom. The molecule has 0 radical (unpaired) electrons. The molecule has 0 fully saturated rings. The van der Waals surface area contributed by atoms with Crippen molar-refractivity contribution in [3.8, 4) is 5.75 Å². The zero-order chi connectivity index (χ0) is 18.2. The number of nitrogens with one attached hydrogen (secondary N) is 1. The summed E-state index contributed by atoms with van der Waals surface area (Å²) in [6.45, 7) is -0.0326. The topological polar surface area (TPSA) is 64.6 Å². The molecule has 2 aromatic rings. The Bertz CT molecular complexity index is 749. The van der Waals surface area contributed by atoms with E-state index in [4.69, 9.17) is 21.1 Å². The Hall–Kier alpha value is -2.60. The minimum absolute atomic E-state index is 0.00843. The molecule has 0 aliphatic heterocycles. The highest BCUT2D eigenvalue weighted by atomic mass is 35.5. The van der Waals surface area contributed by atoms with E-state index in [0.29, 0.717) is 13.0 Å². The maximum atomic E-state index is 12.9. The van der Waals surface area contributed by atoms with E-state index in [2.05, 4.69) is 5.32 Å². The van der Waals surface area contributed by atoms with Crippen molar-refractivity contribution < 1.29 is 23.5 Å². The first-order valence-electron chi connectivity index (χ1n) is 7.51. The number of hydrogen-bond donors (Lipinski definition) is 1. The van der Waals surface area contributed by atoms with Crippen LogP contribution < -0.4 is 10.1 Å². The minimum atomic E-state index is -0.782. The van der Waals surface area contributed by atoms with Gasteiger partial charge in [-0.15, -0.1) is 0 Å². The van der Waals surface area contributed by atoms with Gasteiger partial charge in [-0.1, -0.05) is 23.7 Å². The fourth-order valence-electron chi connectivity index (χ4n) is 2.05. The van der Waals surface area contributed by atoms with E-state index in [1.165, 1.54) is 6.07 Å². The third kappa shape index (κ3) is 5.76. The molecule has 2 rings (SSSR count). The van der Waals surface area contributed by atoms with Gasteiger partial charge in [0.15, 0.2) is 6.61 Å². The van der Waals surface area contributed by atoms with Crippen LogP contribution in [0.25, 0.3) is 0 Å². The van der Waals surface area contributed by atoms with Gasteiger partial charge in [-0.2, -0.15) is 0 Å². The van der Waals surface area contributed by atoms with Crippen molar-refractivity contribution in [1.82, 2.24) is 5.32 Å². The lowest BCUT2D eigenvalue weighted by Crippen LogP contribution is -2.30. The number of ether oxygens (including phenoxy) is 2. The fourth-order valence-corrected chi connectivity index (χ4v) is 2.30. The molecule has 0 aliphatic rings. The van der Waals surface area contributed by atoms with E-state index in [9.17, 15) is 14.0 Å². The summed E-state index contributed by atoms with van der Waals surface area (Å²) >= 11 is 5.76. The molecule has 5 nitrogen and oxygen atoms in total. The molecule has 2 aromatic carbocycles. The van der Waals surface area contributed by atoms with Gasteiger partial charge < -0.3 is 14.8 Å². The summed E-state index contributed by atoms with van der Waals surface area (Å²) in [6, 6.07) is 10.8. The smallest absolute Gasteiger partial charge is 0.340 e. The van der Waals surface area contributed by atoms with Crippen molar-refractivity contribution >= 4 is 23.5 Å². The third-order valence-corrected chi connectivity index (χ3v) is 3.69. The monoisotopic (exact) mass is 365 g/mol. The van der Waals surface area contributed by atoms with Crippen LogP contribution in [0, 0.1) is 5.82 Å². The first-order valence-corrected chi connectivity index (χ1v) is 7.89. The molecule has 0 saturated carbocycles. The molecule has 0 spiro atoms. The molecular formula is C18H17ClFNO4. The van der Waals surface area contributed by atoms with Crippen LogP contribution in [0.2, 0.25) is 5.02 Å². The third-order valence-electron chi connectivity index (χ3n) is 3.38. The largest absolute Gasteiger partial charge is 0.497 e. The average Bonchev–Trinajstić information content (AvgIpc) is 2.60. The van der Waals surface area contributed by atoms with Crippen LogP contribution in [-0.2, 0) is 16.0 Å². The van der Waals surface area contributed by atoms with Gasteiger partial charge >= 0.3 is 5.97 Å². The molecule has 0 unspecified atom stereocenters. The maximum Gasteiger partial charge on any atom is 0.340 e. The maximum absolute atomic E-state index is 12.9. The second-order valence-electron chi connectivity index (χ2n) is 5.15. The number of methoxy groups -OCH3 is 1. The Balaban J connectivity index is 1.73. The van der Waals surface area contributed by atoms with Crippen LogP contribution in [-0.4, -0.2) is 32.1 Å². The van der Waals surface area contributed by atoms with Crippen molar-refractivity contribution in [2.75, 3.05) is 20.3 Å². The van der Waals surface area contributed by atoms with Crippen LogP contribution in [0.3, 0.4) is 0 Å². The number of carbonyl (C=O) groups excluding carboxylic acids is 2. The summed E-state index contributed by atoms with van der Waals surface area (Å²) in [5.41, 5.74) is 1.05. The molecule has 0 bridgehead atoms. The quantitative estimate of drug-likeness (QED) is 0.766. The van der Waals surface area contributed by atoms with E-state index in [-0.39, 0.29) is 10.6 Å².